The van der Waals surface area contributed by atoms with E-state index < -0.39 is 38.8 Å². The number of rotatable bonds is 4. The third-order valence-corrected chi connectivity index (χ3v) is 9.64. The molecular weight excluding hydrogens is 478 g/mol. The number of benzene rings is 2. The molecule has 0 bridgehead atoms. The van der Waals surface area contributed by atoms with Gasteiger partial charge >= 0.3 is 5.69 Å². The first kappa shape index (κ1) is 24.5. The number of fused-ring (bicyclic) bond motifs is 3. The fourth-order valence-corrected chi connectivity index (χ4v) is 7.40. The van der Waals surface area contributed by atoms with Crippen molar-refractivity contribution in [2.24, 2.45) is 20.0 Å². The Kier molecular flexibility index (Phi) is 5.76. The molecule has 190 valence electrons. The molecule has 9 heteroatoms. The Bertz CT molecular complexity index is 1540. The monoisotopic (exact) mass is 509 g/mol. The molecule has 0 N–H and O–H groups in total. The predicted octanol–water partition coefficient (Wildman–Crippen LogP) is 2.58. The van der Waals surface area contributed by atoms with E-state index in [0.717, 1.165) is 15.7 Å². The normalized spacial score (nSPS) is 23.1. The molecule has 0 radical (unpaired) electrons. The first-order valence-electron chi connectivity index (χ1n) is 12.0. The molecule has 1 fully saturated rings. The Hall–Kier alpha value is -3.17. The molecule has 0 saturated carbocycles. The third kappa shape index (κ3) is 3.72. The zero-order chi connectivity index (χ0) is 26.0. The quantitative estimate of drug-likeness (QED) is 0.539. The van der Waals surface area contributed by atoms with Crippen LogP contribution >= 0.6 is 0 Å². The van der Waals surface area contributed by atoms with Gasteiger partial charge in [-0.15, -0.1) is 0 Å². The first-order valence-corrected chi connectivity index (χ1v) is 13.5. The Balaban J connectivity index is 1.74. The van der Waals surface area contributed by atoms with Crippen LogP contribution in [-0.4, -0.2) is 40.0 Å². The number of ether oxygens (including phenoxy) is 1. The highest BCUT2D eigenvalue weighted by atomic mass is 32.2. The average molecular weight is 510 g/mol. The second kappa shape index (κ2) is 8.45. The molecule has 5 rings (SSSR count). The van der Waals surface area contributed by atoms with Gasteiger partial charge in [0.25, 0.3) is 5.56 Å². The van der Waals surface area contributed by atoms with Crippen LogP contribution in [0.5, 0.6) is 5.88 Å². The molecule has 0 amide bonds. The second-order valence-electron chi connectivity index (χ2n) is 10.4. The predicted molar refractivity (Wildman–Crippen MR) is 137 cm³/mol. The smallest absolute Gasteiger partial charge is 0.333 e. The Morgan fingerprint density at radius 3 is 2.25 bits per heavy atom. The van der Waals surface area contributed by atoms with Gasteiger partial charge in [-0.05, 0) is 44.9 Å². The highest BCUT2D eigenvalue weighted by Crippen LogP contribution is 2.52. The van der Waals surface area contributed by atoms with Gasteiger partial charge in [0.05, 0.1) is 10.5 Å². The van der Waals surface area contributed by atoms with Crippen LogP contribution in [0.4, 0.5) is 0 Å². The maximum absolute atomic E-state index is 14.0. The van der Waals surface area contributed by atoms with Crippen LogP contribution in [0.15, 0.2) is 69.1 Å². The summed E-state index contributed by atoms with van der Waals surface area (Å²) in [6.45, 7) is 5.92. The van der Waals surface area contributed by atoms with E-state index in [1.807, 2.05) is 51.1 Å². The summed E-state index contributed by atoms with van der Waals surface area (Å²) in [7, 11) is -0.848. The number of hydrogen-bond donors (Lipinski definition) is 0. The summed E-state index contributed by atoms with van der Waals surface area (Å²) >= 11 is 0. The van der Waals surface area contributed by atoms with Crippen molar-refractivity contribution in [3.63, 3.8) is 0 Å². The van der Waals surface area contributed by atoms with Gasteiger partial charge in [-0.2, -0.15) is 4.31 Å². The van der Waals surface area contributed by atoms with Crippen LogP contribution in [-0.2, 0) is 30.5 Å². The first-order chi connectivity index (χ1) is 16.9. The number of hydrogen-bond acceptors (Lipinski definition) is 5. The molecule has 1 aromatic heterocycles. The van der Waals surface area contributed by atoms with Crippen LogP contribution in [0.25, 0.3) is 0 Å². The van der Waals surface area contributed by atoms with E-state index >= 15 is 0 Å². The van der Waals surface area contributed by atoms with Crippen molar-refractivity contribution in [2.75, 3.05) is 6.54 Å². The van der Waals surface area contributed by atoms with Crippen LogP contribution in [0.2, 0.25) is 0 Å². The van der Waals surface area contributed by atoms with E-state index in [0.29, 0.717) is 12.0 Å². The molecule has 36 heavy (non-hydrogen) atoms. The zero-order valence-corrected chi connectivity index (χ0v) is 22.0. The van der Waals surface area contributed by atoms with Gasteiger partial charge in [0.2, 0.25) is 15.9 Å². The van der Waals surface area contributed by atoms with Crippen LogP contribution in [0, 0.1) is 12.8 Å². The van der Waals surface area contributed by atoms with Crippen LogP contribution in [0.1, 0.15) is 36.5 Å². The Morgan fingerprint density at radius 2 is 1.61 bits per heavy atom. The molecule has 2 aliphatic heterocycles. The third-order valence-electron chi connectivity index (χ3n) is 7.74. The molecule has 3 heterocycles. The lowest BCUT2D eigenvalue weighted by molar-refractivity contribution is 0.0126. The average Bonchev–Trinajstić information content (AvgIpc) is 3.23. The van der Waals surface area contributed by atoms with Crippen molar-refractivity contribution < 1.29 is 13.2 Å². The minimum Gasteiger partial charge on any atom is -0.472 e. The molecule has 8 nitrogen and oxygen atoms in total. The molecule has 3 atom stereocenters. The zero-order valence-electron chi connectivity index (χ0n) is 21.1. The molecular formula is C27H31N3O5S. The summed E-state index contributed by atoms with van der Waals surface area (Å²) in [5.74, 6) is -0.513. The van der Waals surface area contributed by atoms with Crippen LogP contribution < -0.4 is 16.0 Å². The fourth-order valence-electron chi connectivity index (χ4n) is 5.73. The lowest BCUT2D eigenvalue weighted by atomic mass is 9.73. The Morgan fingerprint density at radius 1 is 0.972 bits per heavy atom. The van der Waals surface area contributed by atoms with Crippen molar-refractivity contribution in [1.29, 1.82) is 0 Å². The molecule has 0 aliphatic carbocycles. The van der Waals surface area contributed by atoms with Gasteiger partial charge in [-0.1, -0.05) is 48.0 Å². The van der Waals surface area contributed by atoms with Crippen molar-refractivity contribution in [3.8, 4) is 5.88 Å². The lowest BCUT2D eigenvalue weighted by Crippen LogP contribution is -2.51. The summed E-state index contributed by atoms with van der Waals surface area (Å²) in [5, 5.41) is 0. The summed E-state index contributed by atoms with van der Waals surface area (Å²) in [6.07, 6.45) is 0.425. The van der Waals surface area contributed by atoms with E-state index in [2.05, 4.69) is 0 Å². The van der Waals surface area contributed by atoms with Crippen molar-refractivity contribution in [3.05, 3.63) is 92.1 Å². The molecule has 1 saturated heterocycles. The van der Waals surface area contributed by atoms with Gasteiger partial charge in [-0.25, -0.2) is 13.2 Å². The Labute approximate surface area is 210 Å². The highest BCUT2D eigenvalue weighted by Gasteiger charge is 2.58. The van der Waals surface area contributed by atoms with Crippen molar-refractivity contribution in [1.82, 2.24) is 13.4 Å². The number of aromatic nitrogens is 2. The van der Waals surface area contributed by atoms with Gasteiger partial charge < -0.3 is 4.74 Å². The maximum atomic E-state index is 14.0. The second-order valence-corrected chi connectivity index (χ2v) is 12.3. The van der Waals surface area contributed by atoms with Gasteiger partial charge in [0.1, 0.15) is 5.60 Å². The van der Waals surface area contributed by atoms with Crippen molar-refractivity contribution in [2.45, 2.75) is 49.6 Å². The highest BCUT2D eigenvalue weighted by molar-refractivity contribution is 7.89. The molecule has 2 aliphatic rings. The van der Waals surface area contributed by atoms with Gasteiger partial charge in [0, 0.05) is 38.5 Å². The molecule has 2 aromatic carbocycles. The standard InChI is InChI=1S/C27H31N3O5S/c1-17-11-13-19(14-12-17)36(33,34)30-16-20-22(21(30)15-18-9-7-6-8-10-18)23-24(31)28(4)26(32)29(5)25(23)35-27(20,2)3/h6-14,20-22H,15-16H2,1-5H3/t20-,21+,22-/m0/s1. The number of aryl methyl sites for hydroxylation is 1. The lowest BCUT2D eigenvalue weighted by Gasteiger charge is -2.42. The fraction of sp³-hybridized carbons (Fsp3) is 0.407. The van der Waals surface area contributed by atoms with E-state index in [9.17, 15) is 18.0 Å². The molecule has 3 aromatic rings. The molecule has 0 unspecified atom stereocenters. The summed E-state index contributed by atoms with van der Waals surface area (Å²) in [5.41, 5.74) is 0.589. The summed E-state index contributed by atoms with van der Waals surface area (Å²) < 4.78 is 38.3. The van der Waals surface area contributed by atoms with E-state index in [4.69, 9.17) is 4.74 Å². The minimum absolute atomic E-state index is 0.205. The van der Waals surface area contributed by atoms with E-state index in [1.165, 1.54) is 11.6 Å². The number of nitrogens with zero attached hydrogens (tertiary/aromatic N) is 3. The van der Waals surface area contributed by atoms with Crippen molar-refractivity contribution >= 4 is 10.0 Å². The summed E-state index contributed by atoms with van der Waals surface area (Å²) in [4.78, 5) is 26.4. The van der Waals surface area contributed by atoms with E-state index in [1.54, 1.807) is 35.6 Å². The van der Waals surface area contributed by atoms with E-state index in [-0.39, 0.29) is 23.2 Å². The van der Waals surface area contributed by atoms with Crippen LogP contribution in [0.3, 0.4) is 0 Å². The van der Waals surface area contributed by atoms with Gasteiger partial charge in [-0.3, -0.25) is 13.9 Å². The topological polar surface area (TPSA) is 90.6 Å². The molecule has 0 spiro atoms. The summed E-state index contributed by atoms with van der Waals surface area (Å²) in [6, 6.07) is 16.0. The number of sulfonamides is 1. The minimum atomic E-state index is -3.88. The van der Waals surface area contributed by atoms with Gasteiger partial charge in [0.15, 0.2) is 0 Å². The largest absolute Gasteiger partial charge is 0.472 e. The maximum Gasteiger partial charge on any atom is 0.333 e. The SMILES string of the molecule is Cc1ccc(S(=O)(=O)N2C[C@H]3[C@H](c4c(n(C)c(=O)n(C)c4=O)OC3(C)C)[C@H]2Cc2ccccc2)cc1.